The lowest BCUT2D eigenvalue weighted by molar-refractivity contribution is -0.117. The van der Waals surface area contributed by atoms with E-state index in [1.54, 1.807) is 12.2 Å². The van der Waals surface area contributed by atoms with Gasteiger partial charge in [-0.25, -0.2) is 0 Å². The topological polar surface area (TPSA) is 55.5 Å². The predicted octanol–water partition coefficient (Wildman–Crippen LogP) is 2.31. The second-order valence-corrected chi connectivity index (χ2v) is 3.02. The van der Waals surface area contributed by atoms with E-state index in [0.717, 1.165) is 11.3 Å². The average Bonchev–Trinajstić information content (AvgIpc) is 2.20. The molecule has 3 nitrogen and oxygen atoms in total. The Balaban J connectivity index is 2.88. The zero-order valence-corrected chi connectivity index (χ0v) is 8.83. The van der Waals surface area contributed by atoms with Gasteiger partial charge in [0, 0.05) is 12.0 Å². The number of para-hydroxylation sites is 1. The van der Waals surface area contributed by atoms with Crippen LogP contribution in [0.3, 0.4) is 0 Å². The summed E-state index contributed by atoms with van der Waals surface area (Å²) in [6.45, 7) is 0. The van der Waals surface area contributed by atoms with Gasteiger partial charge in [-0.1, -0.05) is 30.4 Å². The number of hydrogen-bond donors (Lipinski definition) is 1. The number of rotatable bonds is 4. The Morgan fingerprint density at radius 2 is 2.27 bits per heavy atom. The Kier molecular flexibility index (Phi) is 4.41. The van der Waals surface area contributed by atoms with Crippen molar-refractivity contribution in [2.45, 2.75) is 6.42 Å². The molecule has 0 bridgehead atoms. The van der Waals surface area contributed by atoms with Crippen LogP contribution in [0.15, 0.2) is 35.3 Å². The first kappa shape index (κ1) is 11.3. The van der Waals surface area contributed by atoms with Crippen molar-refractivity contribution in [3.8, 4) is 0 Å². The van der Waals surface area contributed by atoms with Crippen molar-refractivity contribution < 1.29 is 4.79 Å². The van der Waals surface area contributed by atoms with E-state index in [-0.39, 0.29) is 12.3 Å². The first-order chi connectivity index (χ1) is 7.24. The monoisotopic (exact) mass is 218 g/mol. The smallest absolute Gasteiger partial charge is 0.221 e. The number of carbonyl (C=O) groups is 1. The summed E-state index contributed by atoms with van der Waals surface area (Å²) in [5, 5.41) is 2.31. The molecule has 1 amide bonds. The third-order valence-corrected chi connectivity index (χ3v) is 1.81. The highest BCUT2D eigenvalue weighted by Gasteiger charge is 1.95. The summed E-state index contributed by atoms with van der Waals surface area (Å²) in [6, 6.07) is 7.44. The van der Waals surface area contributed by atoms with Gasteiger partial charge < -0.3 is 5.73 Å². The van der Waals surface area contributed by atoms with Crippen molar-refractivity contribution in [2.24, 2.45) is 10.7 Å². The number of nitrogens with two attached hydrogens (primary N) is 1. The van der Waals surface area contributed by atoms with Crippen molar-refractivity contribution in [1.82, 2.24) is 0 Å². The second kappa shape index (κ2) is 5.86. The van der Waals surface area contributed by atoms with Crippen LogP contribution in [0.2, 0.25) is 0 Å². The SMILES string of the molecule is NC(=O)CC=Cc1ccccc1N=C=S. The number of benzene rings is 1. The summed E-state index contributed by atoms with van der Waals surface area (Å²) in [5.74, 6) is -0.359. The van der Waals surface area contributed by atoms with Crippen LogP contribution in [-0.4, -0.2) is 11.1 Å². The quantitative estimate of drug-likeness (QED) is 0.622. The molecule has 0 aromatic heterocycles. The molecular weight excluding hydrogens is 208 g/mol. The van der Waals surface area contributed by atoms with Gasteiger partial charge in [-0.3, -0.25) is 4.79 Å². The van der Waals surface area contributed by atoms with Crippen LogP contribution in [0.25, 0.3) is 6.08 Å². The Labute approximate surface area is 93.3 Å². The molecule has 0 aliphatic rings. The summed E-state index contributed by atoms with van der Waals surface area (Å²) in [7, 11) is 0. The zero-order chi connectivity index (χ0) is 11.1. The molecule has 2 N–H and O–H groups in total. The fraction of sp³-hybridized carbons (Fsp3) is 0.0909. The molecule has 0 heterocycles. The summed E-state index contributed by atoms with van der Waals surface area (Å²) in [6.07, 6.45) is 3.70. The molecule has 15 heavy (non-hydrogen) atoms. The number of isothiocyanates is 1. The molecule has 1 aromatic rings. The van der Waals surface area contributed by atoms with Gasteiger partial charge in [-0.15, -0.1) is 0 Å². The van der Waals surface area contributed by atoms with Crippen molar-refractivity contribution in [2.75, 3.05) is 0 Å². The Morgan fingerprint density at radius 1 is 1.53 bits per heavy atom. The van der Waals surface area contributed by atoms with E-state index in [9.17, 15) is 4.79 Å². The molecule has 0 atom stereocenters. The Bertz CT molecular complexity index is 434. The standard InChI is InChI=1S/C11H10N2OS/c12-11(14)7-3-5-9-4-1-2-6-10(9)13-8-15/h1-6H,7H2,(H2,12,14). The maximum atomic E-state index is 10.5. The molecule has 0 spiro atoms. The maximum absolute atomic E-state index is 10.5. The molecule has 0 radical (unpaired) electrons. The van der Waals surface area contributed by atoms with Crippen molar-refractivity contribution >= 4 is 35.0 Å². The van der Waals surface area contributed by atoms with Crippen LogP contribution in [0.4, 0.5) is 5.69 Å². The predicted molar refractivity (Wildman–Crippen MR) is 64.0 cm³/mol. The Morgan fingerprint density at radius 3 is 2.93 bits per heavy atom. The lowest BCUT2D eigenvalue weighted by atomic mass is 10.1. The van der Waals surface area contributed by atoms with Crippen molar-refractivity contribution in [1.29, 1.82) is 0 Å². The number of aliphatic imine (C=N–C) groups is 1. The third kappa shape index (κ3) is 3.85. The van der Waals surface area contributed by atoms with Gasteiger partial charge in [0.25, 0.3) is 0 Å². The molecule has 0 aliphatic heterocycles. The number of primary amides is 1. The van der Waals surface area contributed by atoms with Crippen LogP contribution in [0, 0.1) is 0 Å². The van der Waals surface area contributed by atoms with E-state index in [1.807, 2.05) is 24.3 Å². The fourth-order valence-corrected chi connectivity index (χ4v) is 1.18. The largest absolute Gasteiger partial charge is 0.369 e. The van der Waals surface area contributed by atoms with E-state index in [0.29, 0.717) is 0 Å². The summed E-state index contributed by atoms with van der Waals surface area (Å²) < 4.78 is 0. The van der Waals surface area contributed by atoms with E-state index < -0.39 is 0 Å². The number of carbonyl (C=O) groups excluding carboxylic acids is 1. The van der Waals surface area contributed by atoms with Crippen LogP contribution in [0.5, 0.6) is 0 Å². The molecule has 0 aliphatic carbocycles. The van der Waals surface area contributed by atoms with Gasteiger partial charge in [-0.05, 0) is 18.3 Å². The molecule has 1 aromatic carbocycles. The fourth-order valence-electron chi connectivity index (χ4n) is 1.08. The molecule has 0 saturated heterocycles. The third-order valence-electron chi connectivity index (χ3n) is 1.72. The lowest BCUT2D eigenvalue weighted by Gasteiger charge is -1.97. The van der Waals surface area contributed by atoms with Gasteiger partial charge in [0.1, 0.15) is 0 Å². The summed E-state index contributed by atoms with van der Waals surface area (Å²) >= 11 is 4.53. The first-order valence-electron chi connectivity index (χ1n) is 4.36. The average molecular weight is 218 g/mol. The van der Waals surface area contributed by atoms with E-state index in [1.165, 1.54) is 0 Å². The number of amides is 1. The highest BCUT2D eigenvalue weighted by atomic mass is 32.1. The molecule has 0 unspecified atom stereocenters. The van der Waals surface area contributed by atoms with Gasteiger partial charge in [-0.2, -0.15) is 4.99 Å². The second-order valence-electron chi connectivity index (χ2n) is 2.83. The lowest BCUT2D eigenvalue weighted by Crippen LogP contribution is -2.07. The van der Waals surface area contributed by atoms with Gasteiger partial charge in [0.2, 0.25) is 5.91 Å². The van der Waals surface area contributed by atoms with Crippen LogP contribution < -0.4 is 5.73 Å². The number of nitrogens with zero attached hydrogens (tertiary/aromatic N) is 1. The van der Waals surface area contributed by atoms with E-state index >= 15 is 0 Å². The first-order valence-corrected chi connectivity index (χ1v) is 4.76. The van der Waals surface area contributed by atoms with Crippen molar-refractivity contribution in [3.05, 3.63) is 35.9 Å². The molecule has 76 valence electrons. The molecule has 0 fully saturated rings. The minimum atomic E-state index is -0.359. The summed E-state index contributed by atoms with van der Waals surface area (Å²) in [5.41, 5.74) is 6.63. The highest BCUT2D eigenvalue weighted by Crippen LogP contribution is 2.19. The van der Waals surface area contributed by atoms with Gasteiger partial charge in [0.15, 0.2) is 0 Å². The number of hydrogen-bond acceptors (Lipinski definition) is 3. The molecule has 1 rings (SSSR count). The van der Waals surface area contributed by atoms with Crippen molar-refractivity contribution in [3.63, 3.8) is 0 Å². The van der Waals surface area contributed by atoms with E-state index in [4.69, 9.17) is 5.73 Å². The highest BCUT2D eigenvalue weighted by molar-refractivity contribution is 7.78. The van der Waals surface area contributed by atoms with E-state index in [2.05, 4.69) is 22.4 Å². The minimum absolute atomic E-state index is 0.218. The van der Waals surface area contributed by atoms with Gasteiger partial charge >= 0.3 is 0 Å². The molecule has 0 saturated carbocycles. The number of thiocarbonyl (C=S) groups is 1. The van der Waals surface area contributed by atoms with Gasteiger partial charge in [0.05, 0.1) is 10.8 Å². The minimum Gasteiger partial charge on any atom is -0.369 e. The molecular formula is C11H10N2OS. The van der Waals surface area contributed by atoms with Crippen LogP contribution >= 0.6 is 12.2 Å². The molecule has 4 heteroatoms. The normalized spacial score (nSPS) is 9.87. The Hall–Kier alpha value is -1.77. The zero-order valence-electron chi connectivity index (χ0n) is 8.01. The maximum Gasteiger partial charge on any atom is 0.221 e. The van der Waals surface area contributed by atoms with Crippen LogP contribution in [0.1, 0.15) is 12.0 Å². The summed E-state index contributed by atoms with van der Waals surface area (Å²) in [4.78, 5) is 14.4. The van der Waals surface area contributed by atoms with Crippen LogP contribution in [-0.2, 0) is 4.79 Å².